The first-order chi connectivity index (χ1) is 39.6. The number of aromatic amines is 1. The molecule has 2 unspecified atom stereocenters. The number of nitrogens with zero attached hydrogens (tertiary/aromatic N) is 10. The zero-order valence-corrected chi connectivity index (χ0v) is 46.4. The minimum absolute atomic E-state index is 0. The van der Waals surface area contributed by atoms with Gasteiger partial charge in [-0.1, -0.05) is 18.6 Å². The van der Waals surface area contributed by atoms with Crippen LogP contribution in [0.3, 0.4) is 0 Å². The lowest BCUT2D eigenvalue weighted by molar-refractivity contribution is -0.115. The molecule has 6 aromatic heterocycles. The lowest BCUT2D eigenvalue weighted by Crippen LogP contribution is -2.59. The fourth-order valence-corrected chi connectivity index (χ4v) is 16.8. The maximum atomic E-state index is 14.5. The third-order valence-electron chi connectivity index (χ3n) is 16.9. The number of aromatic nitrogens is 10. The second-order valence-corrected chi connectivity index (χ2v) is 26.9. The van der Waals surface area contributed by atoms with E-state index in [1.54, 1.807) is 74.5 Å². The van der Waals surface area contributed by atoms with E-state index in [0.717, 1.165) is 52.2 Å². The summed E-state index contributed by atoms with van der Waals surface area (Å²) in [5.41, 5.74) is 3.99. The zero-order valence-electron chi connectivity index (χ0n) is 44.8. The summed E-state index contributed by atoms with van der Waals surface area (Å²) in [4.78, 5) is 37.9. The molecule has 5 aliphatic rings. The highest BCUT2D eigenvalue weighted by molar-refractivity contribution is 8.00. The van der Waals surface area contributed by atoms with Crippen molar-refractivity contribution in [3.63, 3.8) is 0 Å². The molecule has 13 rings (SSSR count). The molecule has 0 aliphatic heterocycles. The van der Waals surface area contributed by atoms with E-state index >= 15 is 0 Å². The van der Waals surface area contributed by atoms with Gasteiger partial charge in [0.05, 0.1) is 77.9 Å². The Balaban J connectivity index is 0.000000175. The highest BCUT2D eigenvalue weighted by atomic mass is 32.2. The van der Waals surface area contributed by atoms with Crippen LogP contribution < -0.4 is 0 Å². The van der Waals surface area contributed by atoms with Crippen LogP contribution in [0, 0.1) is 40.0 Å². The number of nitrogens with one attached hydrogen (secondary N) is 1. The lowest BCUT2D eigenvalue weighted by atomic mass is 9.59. The first-order valence-electron chi connectivity index (χ1n) is 26.9. The molecule has 0 amide bonds. The van der Waals surface area contributed by atoms with E-state index < -0.39 is 78.3 Å². The number of benzene rings is 2. The van der Waals surface area contributed by atoms with Gasteiger partial charge in [0.2, 0.25) is 0 Å². The minimum atomic E-state index is -3.27. The van der Waals surface area contributed by atoms with Crippen LogP contribution in [0.2, 0.25) is 0 Å². The molecule has 84 heavy (non-hydrogen) atoms. The molecule has 436 valence electrons. The number of fused-ring (bicyclic) bond motifs is 4. The van der Waals surface area contributed by atoms with Gasteiger partial charge in [-0.25, -0.2) is 44.2 Å². The second kappa shape index (κ2) is 21.9. The molecule has 0 radical (unpaired) electrons. The van der Waals surface area contributed by atoms with Crippen molar-refractivity contribution in [2.75, 3.05) is 5.75 Å². The predicted octanol–water partition coefficient (Wildman–Crippen LogP) is 10.7. The third kappa shape index (κ3) is 10.6. The molecule has 0 spiro atoms. The van der Waals surface area contributed by atoms with Crippen LogP contribution in [0.4, 0.5) is 26.3 Å². The number of allylic oxidation sites excluding steroid dienone is 2. The summed E-state index contributed by atoms with van der Waals surface area (Å²) in [6, 6.07) is 15.3. The van der Waals surface area contributed by atoms with Crippen LogP contribution in [-0.2, 0) is 39.1 Å². The van der Waals surface area contributed by atoms with Crippen molar-refractivity contribution in [3.05, 3.63) is 191 Å². The van der Waals surface area contributed by atoms with E-state index in [2.05, 4.69) is 47.2 Å². The molecular formula is C61H59F6N11O4S2. The number of pyridine rings is 2. The first-order valence-corrected chi connectivity index (χ1v) is 30.5. The number of aryl methyl sites for hydroxylation is 1. The summed E-state index contributed by atoms with van der Waals surface area (Å²) in [6.07, 6.45) is 18.2. The van der Waals surface area contributed by atoms with Crippen LogP contribution in [0.25, 0.3) is 23.5 Å². The fourth-order valence-electron chi connectivity index (χ4n) is 13.0. The van der Waals surface area contributed by atoms with Gasteiger partial charge in [0.25, 0.3) is 5.92 Å². The largest absolute Gasteiger partial charge is 0.291 e. The number of hydrogen-bond acceptors (Lipinski definition) is 10. The highest BCUT2D eigenvalue weighted by Gasteiger charge is 2.56. The Labute approximate surface area is 481 Å². The van der Waals surface area contributed by atoms with Crippen molar-refractivity contribution >= 4 is 54.7 Å². The van der Waals surface area contributed by atoms with Gasteiger partial charge in [-0.2, -0.15) is 20.4 Å². The van der Waals surface area contributed by atoms with Crippen molar-refractivity contribution in [2.45, 2.75) is 99.4 Å². The van der Waals surface area contributed by atoms with Crippen LogP contribution in [0.5, 0.6) is 0 Å². The fraction of sp³-hybridized carbons (Fsp3) is 0.311. The molecule has 3 saturated carbocycles. The number of rotatable bonds is 13. The summed E-state index contributed by atoms with van der Waals surface area (Å²) in [6.45, 7) is 0. The molecule has 6 heterocycles. The van der Waals surface area contributed by atoms with E-state index in [9.17, 15) is 44.3 Å². The molecule has 6 atom stereocenters. The number of carbonyl (C=O) groups excluding carboxylic acids is 2. The van der Waals surface area contributed by atoms with Crippen molar-refractivity contribution in [2.24, 2.45) is 23.8 Å². The van der Waals surface area contributed by atoms with Gasteiger partial charge in [0, 0.05) is 74.6 Å². The van der Waals surface area contributed by atoms with Crippen molar-refractivity contribution in [3.8, 4) is 11.4 Å². The molecule has 23 heteroatoms. The van der Waals surface area contributed by atoms with Crippen LogP contribution in [0.15, 0.2) is 143 Å². The van der Waals surface area contributed by atoms with Gasteiger partial charge in [0.1, 0.15) is 34.7 Å². The van der Waals surface area contributed by atoms with E-state index in [0.29, 0.717) is 54.1 Å². The van der Waals surface area contributed by atoms with Gasteiger partial charge in [-0.3, -0.25) is 33.5 Å². The Bertz CT molecular complexity index is 4130. The summed E-state index contributed by atoms with van der Waals surface area (Å²) in [7, 11) is -4.14. The Hall–Kier alpha value is -8.02. The van der Waals surface area contributed by atoms with E-state index in [1.165, 1.54) is 61.2 Å². The molecule has 15 nitrogen and oxygen atoms in total. The van der Waals surface area contributed by atoms with Crippen LogP contribution in [-0.4, -0.2) is 109 Å². The molecule has 0 saturated heterocycles. The number of ketones is 2. The average Bonchev–Trinajstić information content (AvgIpc) is 1.28. The molecule has 8 aromatic rings. The third-order valence-corrected chi connectivity index (χ3v) is 21.2. The summed E-state index contributed by atoms with van der Waals surface area (Å²) in [5.74, 6) is 2.90. The quantitative estimate of drug-likeness (QED) is 0.0663. The van der Waals surface area contributed by atoms with Crippen molar-refractivity contribution < 1.29 is 44.3 Å². The van der Waals surface area contributed by atoms with Gasteiger partial charge in [-0.15, -0.1) is 0 Å². The summed E-state index contributed by atoms with van der Waals surface area (Å²) >= 11 is 0. The molecule has 5 aliphatic carbocycles. The Morgan fingerprint density at radius 2 is 1.19 bits per heavy atom. The van der Waals surface area contributed by atoms with E-state index in [4.69, 9.17) is 0 Å². The lowest BCUT2D eigenvalue weighted by Gasteiger charge is -2.52. The number of alkyl halides is 2. The predicted molar refractivity (Wildman–Crippen MR) is 308 cm³/mol. The van der Waals surface area contributed by atoms with Gasteiger partial charge in [0.15, 0.2) is 11.6 Å². The molecule has 0 bridgehead atoms. The zero-order chi connectivity index (χ0) is 58.2. The highest BCUT2D eigenvalue weighted by Crippen LogP contribution is 2.55. The molecule has 1 N–H and O–H groups in total. The number of Topliss-reactive ketones (excluding diaryl/α,β-unsaturated/α-hetero) is 2. The minimum Gasteiger partial charge on any atom is -0.291 e. The van der Waals surface area contributed by atoms with Gasteiger partial charge >= 0.3 is 0 Å². The Morgan fingerprint density at radius 3 is 1.67 bits per heavy atom. The van der Waals surface area contributed by atoms with Crippen LogP contribution in [0.1, 0.15) is 102 Å². The number of hydrogen-bond donors (Lipinski definition) is 1. The Kier molecular flexibility index (Phi) is 15.0. The maximum absolute atomic E-state index is 14.5. The topological polar surface area (TPSA) is 179 Å². The van der Waals surface area contributed by atoms with Gasteiger partial charge < -0.3 is 0 Å². The number of carbonyl (C=O) groups is 2. The van der Waals surface area contributed by atoms with E-state index in [1.807, 2.05) is 12.2 Å². The SMILES string of the molecule is C.C=S(=O)(C[C@H]1CCC2=Cc3c(cnn3-c3ccc(F)cc3)C[C@]2(C(=O)c2cc(F)ccn2)C1)c1cnn(C)c1.C=S(=O)(c1cn[nH]c1)N(C1CC(F)(F)C1)[C@H]1CCC2=Cc3c(cnn3-c3ccc(F)cc3)C[C@]2(C(=O)c2cc(F)ccn2)C1. The standard InChI is InChI=1S/C31H28F4N6O2S.C29H27F2N5O2S.CH4/c1-44(43,26-17-37-38-18-26)41(25-14-31(34,35)15-25)24-5-2-20-10-28-19(16-39-40(28)23-6-3-21(32)4-7-23)12-30(20,13-24)29(42)27-11-22(33)8-9-36-27;1-35-17-25(16-33-35)39(2,38)18-19-3-4-21-11-27-20(15-34-36(27)24-7-5-22(30)6-8-24)14-29(21,13-19)28(37)26-12-23(31)9-10-32-26;/h3-4,6-11,16-18,24-25H,1-2,5,12-15H2,(H,37,38);5-12,15-17,19H,2-4,13-14,18H2,1H3;1H4/t24-,30-,44?;19-,29+,39?;/m00./s1. The first kappa shape index (κ1) is 57.8. The summed E-state index contributed by atoms with van der Waals surface area (Å²) in [5, 5.41) is 19.8. The normalized spacial score (nSPS) is 22.8. The molecule has 2 aromatic carbocycles. The smallest absolute Gasteiger partial charge is 0.251 e. The number of halogens is 6. The molecule has 3 fully saturated rings. The second-order valence-electron chi connectivity index (χ2n) is 22.3. The van der Waals surface area contributed by atoms with Gasteiger partial charge in [-0.05, 0) is 162 Å². The monoisotopic (exact) mass is 1190 g/mol. The van der Waals surface area contributed by atoms with E-state index in [-0.39, 0.29) is 59.9 Å². The average molecular weight is 1190 g/mol. The number of H-pyrrole nitrogens is 1. The molecular weight excluding hydrogens is 1130 g/mol. The van der Waals surface area contributed by atoms with Crippen LogP contribution >= 0.6 is 0 Å². The summed E-state index contributed by atoms with van der Waals surface area (Å²) < 4.78 is 119. The maximum Gasteiger partial charge on any atom is 0.251 e. The Morgan fingerprint density at radius 1 is 0.667 bits per heavy atom. The van der Waals surface area contributed by atoms with Crippen molar-refractivity contribution in [1.82, 2.24) is 53.8 Å². The van der Waals surface area contributed by atoms with Crippen molar-refractivity contribution in [1.29, 1.82) is 0 Å².